The topological polar surface area (TPSA) is 117 Å². The Labute approximate surface area is 340 Å². The number of hydrogen-bond donors (Lipinski definition) is 2. The molecule has 0 spiro atoms. The van der Waals surface area contributed by atoms with Crippen LogP contribution in [0.15, 0.2) is 24.3 Å². The molecule has 2 unspecified atom stereocenters. The largest absolute Gasteiger partial charge is 0.472 e. The summed E-state index contributed by atoms with van der Waals surface area (Å²) in [5.74, 6) is -0.330. The van der Waals surface area contributed by atoms with Crippen molar-refractivity contribution in [3.05, 3.63) is 24.3 Å². The Hall–Kier alpha value is -1.02. The molecular formula is C46H90NO7P. The summed E-state index contributed by atoms with van der Waals surface area (Å²) in [4.78, 5) is 22.5. The SMILES string of the molecule is CCCCCC/C=C\C/C=C\CCCCCCCCOCC(COP(=O)(O)OCCN)OC(=O)CCCCCCCCCCCCCCCCCCCCC. The van der Waals surface area contributed by atoms with Crippen LogP contribution in [0.1, 0.15) is 226 Å². The second-order valence-electron chi connectivity index (χ2n) is 15.6. The standard InChI is InChI=1S/C46H90NO7P/c1-3-5-7-9-11-13-15-17-19-21-22-23-25-27-29-31-33-35-37-39-46(48)54-45(44-53-55(49,50)52-42-40-47)43-51-41-38-36-34-32-30-28-26-24-20-18-16-14-12-10-8-6-4-2/h14,16,20,24,45H,3-13,15,17-19,21-23,25-44,47H2,1-2H3,(H,49,50)/b16-14-,24-20-. The molecule has 0 rings (SSSR count). The van der Waals surface area contributed by atoms with Crippen LogP contribution in [0.25, 0.3) is 0 Å². The summed E-state index contributed by atoms with van der Waals surface area (Å²) in [7, 11) is -4.28. The summed E-state index contributed by atoms with van der Waals surface area (Å²) in [5, 5.41) is 0. The van der Waals surface area contributed by atoms with Gasteiger partial charge in [-0.3, -0.25) is 13.8 Å². The van der Waals surface area contributed by atoms with Gasteiger partial charge >= 0.3 is 13.8 Å². The monoisotopic (exact) mass is 800 g/mol. The summed E-state index contributed by atoms with van der Waals surface area (Å²) >= 11 is 0. The van der Waals surface area contributed by atoms with E-state index in [1.807, 2.05) is 0 Å². The number of nitrogens with two attached hydrogens (primary N) is 1. The van der Waals surface area contributed by atoms with Crippen molar-refractivity contribution in [3.63, 3.8) is 0 Å². The normalized spacial score (nSPS) is 13.6. The molecule has 0 amide bonds. The molecule has 3 N–H and O–H groups in total. The number of allylic oxidation sites excluding steroid dienone is 4. The third kappa shape index (κ3) is 43.9. The first-order valence-electron chi connectivity index (χ1n) is 23.3. The van der Waals surface area contributed by atoms with E-state index < -0.39 is 13.9 Å². The summed E-state index contributed by atoms with van der Waals surface area (Å²) in [6.07, 6.45) is 49.1. The van der Waals surface area contributed by atoms with Gasteiger partial charge in [-0.25, -0.2) is 4.57 Å². The molecule has 326 valence electrons. The van der Waals surface area contributed by atoms with Crippen LogP contribution in [-0.4, -0.2) is 49.9 Å². The number of ether oxygens (including phenoxy) is 2. The first kappa shape index (κ1) is 54.0. The molecule has 0 aromatic rings. The van der Waals surface area contributed by atoms with Gasteiger partial charge < -0.3 is 20.1 Å². The van der Waals surface area contributed by atoms with Gasteiger partial charge in [0, 0.05) is 19.6 Å². The Kier molecular flexibility index (Phi) is 43.3. The number of phosphoric acid groups is 1. The molecule has 0 bridgehead atoms. The lowest BCUT2D eigenvalue weighted by atomic mass is 10.0. The van der Waals surface area contributed by atoms with Gasteiger partial charge in [0.15, 0.2) is 0 Å². The summed E-state index contributed by atoms with van der Waals surface area (Å²) in [6.45, 7) is 4.92. The maximum Gasteiger partial charge on any atom is 0.472 e. The van der Waals surface area contributed by atoms with Gasteiger partial charge in [-0.05, 0) is 44.9 Å². The Balaban J connectivity index is 3.98. The highest BCUT2D eigenvalue weighted by atomic mass is 31.2. The maximum absolute atomic E-state index is 12.6. The predicted molar refractivity (Wildman–Crippen MR) is 233 cm³/mol. The van der Waals surface area contributed by atoms with Crippen molar-refractivity contribution in [1.29, 1.82) is 0 Å². The summed E-state index contributed by atoms with van der Waals surface area (Å²) in [6, 6.07) is 0. The van der Waals surface area contributed by atoms with E-state index in [2.05, 4.69) is 38.2 Å². The number of carbonyl (C=O) groups is 1. The van der Waals surface area contributed by atoms with Gasteiger partial charge in [-0.15, -0.1) is 0 Å². The van der Waals surface area contributed by atoms with Crippen molar-refractivity contribution >= 4 is 13.8 Å². The van der Waals surface area contributed by atoms with E-state index in [0.717, 1.165) is 44.9 Å². The fourth-order valence-electron chi connectivity index (χ4n) is 6.68. The van der Waals surface area contributed by atoms with Gasteiger partial charge in [0.05, 0.1) is 19.8 Å². The van der Waals surface area contributed by atoms with Crippen LogP contribution in [0.3, 0.4) is 0 Å². The van der Waals surface area contributed by atoms with E-state index in [4.69, 9.17) is 24.3 Å². The van der Waals surface area contributed by atoms with Crippen LogP contribution in [0.2, 0.25) is 0 Å². The van der Waals surface area contributed by atoms with Crippen LogP contribution in [0.5, 0.6) is 0 Å². The molecule has 0 heterocycles. The molecule has 2 atom stereocenters. The van der Waals surface area contributed by atoms with Gasteiger partial charge in [-0.1, -0.05) is 199 Å². The van der Waals surface area contributed by atoms with Gasteiger partial charge in [0.25, 0.3) is 0 Å². The second kappa shape index (κ2) is 44.1. The molecule has 0 radical (unpaired) electrons. The van der Waals surface area contributed by atoms with Crippen LogP contribution < -0.4 is 5.73 Å². The molecule has 9 heteroatoms. The zero-order chi connectivity index (χ0) is 40.2. The van der Waals surface area contributed by atoms with Crippen molar-refractivity contribution in [2.45, 2.75) is 232 Å². The molecule has 0 aliphatic rings. The lowest BCUT2D eigenvalue weighted by Crippen LogP contribution is -2.28. The molecule has 0 aromatic heterocycles. The minimum atomic E-state index is -4.28. The average molecular weight is 800 g/mol. The highest BCUT2D eigenvalue weighted by Gasteiger charge is 2.25. The number of carbonyl (C=O) groups excluding carboxylic acids is 1. The molecule has 55 heavy (non-hydrogen) atoms. The van der Waals surface area contributed by atoms with Crippen LogP contribution >= 0.6 is 7.82 Å². The minimum Gasteiger partial charge on any atom is -0.457 e. The van der Waals surface area contributed by atoms with Crippen LogP contribution in [-0.2, 0) is 27.9 Å². The fourth-order valence-corrected chi connectivity index (χ4v) is 7.44. The van der Waals surface area contributed by atoms with Crippen LogP contribution in [0.4, 0.5) is 0 Å². The predicted octanol–water partition coefficient (Wildman–Crippen LogP) is 14.0. The Bertz CT molecular complexity index is 900. The Morgan fingerprint density at radius 3 is 1.44 bits per heavy atom. The van der Waals surface area contributed by atoms with Crippen molar-refractivity contribution in [3.8, 4) is 0 Å². The van der Waals surface area contributed by atoms with E-state index in [1.54, 1.807) is 0 Å². The Morgan fingerprint density at radius 2 is 0.964 bits per heavy atom. The maximum atomic E-state index is 12.6. The molecule has 0 aliphatic carbocycles. The van der Waals surface area contributed by atoms with Crippen molar-refractivity contribution in [1.82, 2.24) is 0 Å². The van der Waals surface area contributed by atoms with Crippen molar-refractivity contribution in [2.24, 2.45) is 5.73 Å². The zero-order valence-electron chi connectivity index (χ0n) is 36.2. The third-order valence-corrected chi connectivity index (χ3v) is 11.1. The van der Waals surface area contributed by atoms with E-state index in [9.17, 15) is 14.3 Å². The number of esters is 1. The molecular weight excluding hydrogens is 709 g/mol. The second-order valence-corrected chi connectivity index (χ2v) is 17.1. The summed E-state index contributed by atoms with van der Waals surface area (Å²) in [5.41, 5.74) is 5.38. The van der Waals surface area contributed by atoms with Crippen LogP contribution in [0, 0.1) is 0 Å². The minimum absolute atomic E-state index is 0.0955. The highest BCUT2D eigenvalue weighted by molar-refractivity contribution is 7.47. The van der Waals surface area contributed by atoms with Gasteiger partial charge in [-0.2, -0.15) is 0 Å². The molecule has 8 nitrogen and oxygen atoms in total. The van der Waals surface area contributed by atoms with Crippen molar-refractivity contribution in [2.75, 3.05) is 33.0 Å². The molecule has 0 aliphatic heterocycles. The van der Waals surface area contributed by atoms with E-state index >= 15 is 0 Å². The lowest BCUT2D eigenvalue weighted by Gasteiger charge is -2.20. The molecule has 0 fully saturated rings. The van der Waals surface area contributed by atoms with Gasteiger partial charge in [0.2, 0.25) is 0 Å². The smallest absolute Gasteiger partial charge is 0.457 e. The highest BCUT2D eigenvalue weighted by Crippen LogP contribution is 2.43. The first-order valence-corrected chi connectivity index (χ1v) is 24.8. The fraction of sp³-hybridized carbons (Fsp3) is 0.891. The molecule has 0 saturated carbocycles. The average Bonchev–Trinajstić information content (AvgIpc) is 3.17. The number of rotatable bonds is 45. The van der Waals surface area contributed by atoms with E-state index in [1.165, 1.54) is 161 Å². The summed E-state index contributed by atoms with van der Waals surface area (Å²) < 4.78 is 33.5. The molecule has 0 aromatic carbocycles. The number of hydrogen-bond acceptors (Lipinski definition) is 7. The molecule has 0 saturated heterocycles. The van der Waals surface area contributed by atoms with Crippen molar-refractivity contribution < 1.29 is 32.8 Å². The zero-order valence-corrected chi connectivity index (χ0v) is 37.1. The van der Waals surface area contributed by atoms with E-state index in [-0.39, 0.29) is 32.3 Å². The lowest BCUT2D eigenvalue weighted by molar-refractivity contribution is -0.154. The number of unbranched alkanes of at least 4 members (excludes halogenated alkanes) is 28. The quantitative estimate of drug-likeness (QED) is 0.0271. The third-order valence-electron chi connectivity index (χ3n) is 10.1. The first-order chi connectivity index (χ1) is 26.9. The number of phosphoric ester groups is 1. The Morgan fingerprint density at radius 1 is 0.545 bits per heavy atom. The van der Waals surface area contributed by atoms with E-state index in [0.29, 0.717) is 13.0 Å². The van der Waals surface area contributed by atoms with Gasteiger partial charge in [0.1, 0.15) is 6.10 Å².